The maximum atomic E-state index is 6.86. The Morgan fingerprint density at radius 2 is 0.795 bits per heavy atom. The van der Waals surface area contributed by atoms with E-state index in [1.54, 1.807) is 0 Å². The summed E-state index contributed by atoms with van der Waals surface area (Å²) in [7, 11) is 0. The van der Waals surface area contributed by atoms with E-state index in [9.17, 15) is 0 Å². The molecule has 4 aromatic rings. The maximum Gasteiger partial charge on any atom is 0.164 e. The van der Waals surface area contributed by atoms with Gasteiger partial charge < -0.3 is 9.47 Å². The van der Waals surface area contributed by atoms with Crippen molar-refractivity contribution in [3.63, 3.8) is 0 Å². The minimum absolute atomic E-state index is 0.694. The quantitative estimate of drug-likeness (QED) is 0.168. The number of hydrogen-bond donors (Lipinski definition) is 0. The highest BCUT2D eigenvalue weighted by Gasteiger charge is 2.62. The zero-order valence-electron chi connectivity index (χ0n) is 21.7. The number of nitrogens with zero attached hydrogens (tertiary/aromatic N) is 2. The van der Waals surface area contributed by atoms with Crippen molar-refractivity contribution in [2.75, 3.05) is 0 Å². The van der Waals surface area contributed by atoms with E-state index < -0.39 is 29.1 Å². The van der Waals surface area contributed by atoms with E-state index in [0.717, 1.165) is 22.3 Å². The van der Waals surface area contributed by atoms with Gasteiger partial charge in [0.1, 0.15) is 23.3 Å². The Morgan fingerprint density at radius 3 is 1.03 bits per heavy atom. The largest absolute Gasteiger partial charge is 0.341 e. The summed E-state index contributed by atoms with van der Waals surface area (Å²) in [6.45, 7) is 3.81. The van der Waals surface area contributed by atoms with Crippen molar-refractivity contribution in [2.24, 2.45) is 9.98 Å². The average molecular weight is 549 g/mol. The normalized spacial score (nSPS) is 18.5. The highest BCUT2D eigenvalue weighted by Crippen LogP contribution is 2.53. The van der Waals surface area contributed by atoms with Gasteiger partial charge in [-0.15, -0.1) is 0 Å². The Balaban J connectivity index is 1.89. The van der Waals surface area contributed by atoms with E-state index in [0.29, 0.717) is 0 Å². The second-order valence-corrected chi connectivity index (χ2v) is 10.2. The number of hydrogen-bond acceptors (Lipinski definition) is 6. The van der Waals surface area contributed by atoms with Crippen LogP contribution in [0.4, 0.5) is 0 Å². The lowest BCUT2D eigenvalue weighted by molar-refractivity contribution is -0.154. The van der Waals surface area contributed by atoms with Crippen LogP contribution in [0.25, 0.3) is 0 Å². The summed E-state index contributed by atoms with van der Waals surface area (Å²) in [5.41, 5.74) is 1.37. The Kier molecular flexibility index (Phi) is 7.79. The Bertz CT molecular complexity index is 1300. The topological polar surface area (TPSA) is 43.2 Å². The van der Waals surface area contributed by atoms with E-state index in [1.807, 2.05) is 135 Å². The smallest absolute Gasteiger partial charge is 0.164 e. The number of rotatable bonds is 8. The second kappa shape index (κ2) is 11.3. The third-order valence-electron chi connectivity index (χ3n) is 7.22. The van der Waals surface area contributed by atoms with Crippen molar-refractivity contribution in [3.05, 3.63) is 144 Å². The molecule has 1 heterocycles. The lowest BCUT2D eigenvalue weighted by Crippen LogP contribution is -2.53. The molecule has 0 aromatic heterocycles. The summed E-state index contributed by atoms with van der Waals surface area (Å²) in [4.78, 5) is 9.85. The summed E-state index contributed by atoms with van der Waals surface area (Å²) in [6.07, 6.45) is -1.39. The molecular formula is C33H28N2O2S2. The van der Waals surface area contributed by atoms with Gasteiger partial charge in [-0.3, -0.25) is 0 Å². The molecule has 2 atom stereocenters. The number of benzene rings is 4. The lowest BCUT2D eigenvalue weighted by Gasteiger charge is -2.43. The molecule has 0 unspecified atom stereocenters. The van der Waals surface area contributed by atoms with Crippen molar-refractivity contribution < 1.29 is 9.47 Å². The van der Waals surface area contributed by atoms with Crippen LogP contribution >= 0.6 is 24.4 Å². The average Bonchev–Trinajstić information content (AvgIpc) is 3.32. The van der Waals surface area contributed by atoms with Gasteiger partial charge in [0.15, 0.2) is 5.79 Å². The predicted octanol–water partition coefficient (Wildman–Crippen LogP) is 7.60. The molecule has 1 aliphatic heterocycles. The van der Waals surface area contributed by atoms with Crippen molar-refractivity contribution in [2.45, 2.75) is 42.9 Å². The fraction of sp³-hybridized carbons (Fsp3) is 0.212. The third kappa shape index (κ3) is 4.84. The van der Waals surface area contributed by atoms with E-state index in [1.165, 1.54) is 0 Å². The van der Waals surface area contributed by atoms with Gasteiger partial charge in [-0.25, -0.2) is 9.98 Å². The van der Waals surface area contributed by atoms with Gasteiger partial charge in [0.2, 0.25) is 0 Å². The number of aliphatic imine (C=N–C) groups is 2. The molecule has 1 aliphatic rings. The van der Waals surface area contributed by atoms with Crippen molar-refractivity contribution >= 4 is 34.8 Å². The molecule has 5 rings (SSSR count). The molecule has 0 radical (unpaired) electrons. The van der Waals surface area contributed by atoms with Crippen molar-refractivity contribution in [1.29, 1.82) is 0 Å². The molecule has 0 bridgehead atoms. The fourth-order valence-corrected chi connectivity index (χ4v) is 5.95. The van der Waals surface area contributed by atoms with Crippen LogP contribution in [0.3, 0.4) is 0 Å². The van der Waals surface area contributed by atoms with Crippen LogP contribution in [-0.2, 0) is 20.6 Å². The van der Waals surface area contributed by atoms with Gasteiger partial charge in [-0.1, -0.05) is 121 Å². The van der Waals surface area contributed by atoms with Crippen LogP contribution in [-0.4, -0.2) is 28.3 Å². The van der Waals surface area contributed by atoms with Crippen LogP contribution in [0, 0.1) is 0 Å². The van der Waals surface area contributed by atoms with E-state index in [4.69, 9.17) is 43.9 Å². The molecule has 1 fully saturated rings. The summed E-state index contributed by atoms with van der Waals surface area (Å²) in [6, 6.07) is 40.0. The Hall–Kier alpha value is -3.60. The molecule has 0 spiro atoms. The van der Waals surface area contributed by atoms with Crippen molar-refractivity contribution in [3.8, 4) is 0 Å². The highest BCUT2D eigenvalue weighted by atomic mass is 32.1. The molecule has 0 N–H and O–H groups in total. The first-order valence-electron chi connectivity index (χ1n) is 12.7. The molecule has 4 nitrogen and oxygen atoms in total. The fourth-order valence-electron chi connectivity index (χ4n) is 5.66. The van der Waals surface area contributed by atoms with Gasteiger partial charge >= 0.3 is 0 Å². The van der Waals surface area contributed by atoms with Crippen LogP contribution in [0.5, 0.6) is 0 Å². The molecule has 4 aromatic carbocycles. The number of isothiocyanates is 2. The molecular weight excluding hydrogens is 521 g/mol. The monoisotopic (exact) mass is 548 g/mol. The van der Waals surface area contributed by atoms with E-state index in [-0.39, 0.29) is 0 Å². The van der Waals surface area contributed by atoms with Crippen LogP contribution in [0.2, 0.25) is 0 Å². The second-order valence-electron chi connectivity index (χ2n) is 9.88. The predicted molar refractivity (Wildman–Crippen MR) is 161 cm³/mol. The standard InChI is InChI=1S/C33H28N2O2S2/c1-31(2)36-29(32(34-23-38,25-15-7-3-8-16-25)26-17-9-4-10-18-26)30(37-31)33(35-24-39,27-19-11-5-12-20-27)28-21-13-6-14-22-28/h3-22,29-30H,1-2H3/t29-,30-/m0/s1. The van der Waals surface area contributed by atoms with Crippen LogP contribution in [0.1, 0.15) is 36.1 Å². The minimum Gasteiger partial charge on any atom is -0.341 e. The number of thiocarbonyl (C=S) groups is 2. The zero-order chi connectivity index (χ0) is 27.3. The molecule has 6 heteroatoms. The van der Waals surface area contributed by atoms with Gasteiger partial charge in [-0.2, -0.15) is 0 Å². The van der Waals surface area contributed by atoms with E-state index >= 15 is 0 Å². The van der Waals surface area contributed by atoms with Crippen LogP contribution in [0.15, 0.2) is 131 Å². The highest BCUT2D eigenvalue weighted by molar-refractivity contribution is 7.78. The molecule has 1 saturated heterocycles. The first-order valence-corrected chi connectivity index (χ1v) is 13.6. The SMILES string of the molecule is CC1(C)O[C@H](C(N=C=S)(c2ccccc2)c2ccccc2)[C@@H](C(N=C=S)(c2ccccc2)c2ccccc2)O1. The van der Waals surface area contributed by atoms with Gasteiger partial charge in [0, 0.05) is 0 Å². The first kappa shape index (κ1) is 27.0. The molecule has 39 heavy (non-hydrogen) atoms. The minimum atomic E-state index is -1.10. The first-order chi connectivity index (χ1) is 19.0. The summed E-state index contributed by atoms with van der Waals surface area (Å²) < 4.78 is 13.7. The third-order valence-corrected chi connectivity index (χ3v) is 7.40. The number of ether oxygens (including phenoxy) is 2. The Labute approximate surface area is 240 Å². The lowest BCUT2D eigenvalue weighted by atomic mass is 9.69. The van der Waals surface area contributed by atoms with Crippen molar-refractivity contribution in [1.82, 2.24) is 0 Å². The molecule has 0 amide bonds. The van der Waals surface area contributed by atoms with Gasteiger partial charge in [0.25, 0.3) is 0 Å². The van der Waals surface area contributed by atoms with E-state index in [2.05, 4.69) is 10.3 Å². The van der Waals surface area contributed by atoms with Gasteiger partial charge in [0.05, 0.1) is 10.3 Å². The van der Waals surface area contributed by atoms with Gasteiger partial charge in [-0.05, 0) is 60.5 Å². The summed E-state index contributed by atoms with van der Waals surface area (Å²) in [5, 5.41) is 5.40. The molecule has 0 saturated carbocycles. The maximum absolute atomic E-state index is 6.86. The summed E-state index contributed by atoms with van der Waals surface area (Å²) >= 11 is 10.6. The molecule has 0 aliphatic carbocycles. The summed E-state index contributed by atoms with van der Waals surface area (Å²) in [5.74, 6) is -0.979. The van der Waals surface area contributed by atoms with Crippen LogP contribution < -0.4 is 0 Å². The Morgan fingerprint density at radius 1 is 0.538 bits per heavy atom. The zero-order valence-corrected chi connectivity index (χ0v) is 23.4. The molecule has 194 valence electrons.